The molecule has 8 heteroatoms. The zero-order valence-electron chi connectivity index (χ0n) is 17.6. The number of benzene rings is 2. The Balaban J connectivity index is 2.13. The van der Waals surface area contributed by atoms with Crippen LogP contribution in [0.5, 0.6) is 5.75 Å². The highest BCUT2D eigenvalue weighted by Crippen LogP contribution is 2.41. The molecule has 1 fully saturated rings. The molecule has 0 aromatic heterocycles. The quantitative estimate of drug-likeness (QED) is 0.397. The average molecular weight is 447 g/mol. The number of nitrogens with zero attached hydrogens (tertiary/aromatic N) is 2. The molecule has 164 valence electrons. The maximum atomic E-state index is 14.7. The molecule has 2 aromatic rings. The molecule has 0 spiro atoms. The molecular formula is C23H24ClFN2O4. The molecule has 6 nitrogen and oxygen atoms in total. The lowest BCUT2D eigenvalue weighted by Crippen LogP contribution is -2.32. The van der Waals surface area contributed by atoms with Crippen molar-refractivity contribution in [3.8, 4) is 5.75 Å². The summed E-state index contributed by atoms with van der Waals surface area (Å²) in [4.78, 5) is 29.0. The van der Waals surface area contributed by atoms with E-state index in [1.54, 1.807) is 12.1 Å². The van der Waals surface area contributed by atoms with Gasteiger partial charge in [-0.05, 0) is 51.3 Å². The number of rotatable bonds is 7. The summed E-state index contributed by atoms with van der Waals surface area (Å²) in [6.07, 6.45) is 0.583. The number of aliphatic hydroxyl groups excluding tert-OH is 1. The maximum absolute atomic E-state index is 14.7. The monoisotopic (exact) mass is 446 g/mol. The minimum Gasteiger partial charge on any atom is -0.507 e. The van der Waals surface area contributed by atoms with Crippen LogP contribution in [0.15, 0.2) is 48.0 Å². The van der Waals surface area contributed by atoms with Crippen molar-refractivity contribution in [2.45, 2.75) is 12.5 Å². The van der Waals surface area contributed by atoms with Crippen molar-refractivity contribution in [3.05, 3.63) is 70.0 Å². The second-order valence-corrected chi connectivity index (χ2v) is 7.93. The molecule has 1 heterocycles. The lowest BCUT2D eigenvalue weighted by molar-refractivity contribution is -0.140. The van der Waals surface area contributed by atoms with Gasteiger partial charge in [0.1, 0.15) is 17.3 Å². The molecule has 3 rings (SSSR count). The minimum atomic E-state index is -1.04. The highest BCUT2D eigenvalue weighted by Gasteiger charge is 2.46. The van der Waals surface area contributed by atoms with Gasteiger partial charge in [-0.2, -0.15) is 0 Å². The number of methoxy groups -OCH3 is 1. The average Bonchev–Trinajstić information content (AvgIpc) is 2.98. The summed E-state index contributed by atoms with van der Waals surface area (Å²) in [5.74, 6) is -2.21. The Morgan fingerprint density at radius 2 is 1.94 bits per heavy atom. The largest absolute Gasteiger partial charge is 0.507 e. The fourth-order valence-corrected chi connectivity index (χ4v) is 3.91. The summed E-state index contributed by atoms with van der Waals surface area (Å²) in [5.41, 5.74) is 0.215. The van der Waals surface area contributed by atoms with E-state index in [1.165, 1.54) is 42.3 Å². The van der Waals surface area contributed by atoms with Gasteiger partial charge in [-0.1, -0.05) is 29.8 Å². The van der Waals surface area contributed by atoms with Crippen LogP contribution in [0.1, 0.15) is 23.6 Å². The van der Waals surface area contributed by atoms with E-state index in [9.17, 15) is 19.1 Å². The van der Waals surface area contributed by atoms with E-state index in [-0.39, 0.29) is 28.3 Å². The van der Waals surface area contributed by atoms with Gasteiger partial charge in [0, 0.05) is 17.7 Å². The Kier molecular flexibility index (Phi) is 6.97. The second kappa shape index (κ2) is 9.49. The lowest BCUT2D eigenvalue weighted by Gasteiger charge is -2.26. The van der Waals surface area contributed by atoms with Crippen LogP contribution in [-0.2, 0) is 9.59 Å². The van der Waals surface area contributed by atoms with Gasteiger partial charge in [0.05, 0.1) is 23.7 Å². The van der Waals surface area contributed by atoms with Crippen molar-refractivity contribution in [1.29, 1.82) is 0 Å². The van der Waals surface area contributed by atoms with Crippen molar-refractivity contribution < 1.29 is 23.8 Å². The molecule has 0 aliphatic carbocycles. The molecular weight excluding hydrogens is 423 g/mol. The fraction of sp³-hybridized carbons (Fsp3) is 0.304. The van der Waals surface area contributed by atoms with E-state index >= 15 is 0 Å². The molecule has 1 aliphatic heterocycles. The maximum Gasteiger partial charge on any atom is 0.295 e. The number of likely N-dealkylation sites (tertiary alicyclic amines) is 1. The lowest BCUT2D eigenvalue weighted by atomic mass is 9.95. The molecule has 1 N–H and O–H groups in total. The number of hydrogen-bond acceptors (Lipinski definition) is 5. The third-order valence-electron chi connectivity index (χ3n) is 5.17. The Bertz CT molecular complexity index is 1040. The first-order valence-corrected chi connectivity index (χ1v) is 10.2. The Morgan fingerprint density at radius 3 is 2.55 bits per heavy atom. The van der Waals surface area contributed by atoms with E-state index < -0.39 is 29.3 Å². The smallest absolute Gasteiger partial charge is 0.295 e. The number of ketones is 1. The van der Waals surface area contributed by atoms with E-state index in [1.807, 2.05) is 19.0 Å². The Morgan fingerprint density at radius 1 is 1.23 bits per heavy atom. The molecule has 1 atom stereocenters. The number of aliphatic hydroxyl groups is 1. The third kappa shape index (κ3) is 4.57. The normalized spacial score (nSPS) is 18.1. The first kappa shape index (κ1) is 22.8. The number of Topliss-reactive ketones (excluding diaryl/α,β-unsaturated/α-hetero) is 1. The van der Waals surface area contributed by atoms with Gasteiger partial charge >= 0.3 is 0 Å². The molecule has 0 unspecified atom stereocenters. The molecule has 0 bridgehead atoms. The molecule has 1 amide bonds. The molecule has 31 heavy (non-hydrogen) atoms. The molecule has 2 aromatic carbocycles. The van der Waals surface area contributed by atoms with Gasteiger partial charge in [0.15, 0.2) is 0 Å². The van der Waals surface area contributed by atoms with Crippen LogP contribution in [0.3, 0.4) is 0 Å². The van der Waals surface area contributed by atoms with Crippen molar-refractivity contribution in [2.75, 3.05) is 34.3 Å². The number of carbonyl (C=O) groups excluding carboxylic acids is 2. The van der Waals surface area contributed by atoms with Gasteiger partial charge < -0.3 is 19.6 Å². The number of halogens is 2. The van der Waals surface area contributed by atoms with Crippen LogP contribution in [-0.4, -0.2) is 60.9 Å². The van der Waals surface area contributed by atoms with E-state index in [0.29, 0.717) is 18.7 Å². The summed E-state index contributed by atoms with van der Waals surface area (Å²) in [5, 5.41) is 11.2. The van der Waals surface area contributed by atoms with Crippen LogP contribution in [0.4, 0.5) is 4.39 Å². The van der Waals surface area contributed by atoms with Crippen LogP contribution in [0.25, 0.3) is 5.76 Å². The van der Waals surface area contributed by atoms with Crippen LogP contribution in [0.2, 0.25) is 5.02 Å². The summed E-state index contributed by atoms with van der Waals surface area (Å²) in [6, 6.07) is 9.40. The zero-order valence-corrected chi connectivity index (χ0v) is 18.3. The van der Waals surface area contributed by atoms with Crippen molar-refractivity contribution in [2.24, 2.45) is 0 Å². The first-order chi connectivity index (χ1) is 14.8. The van der Waals surface area contributed by atoms with E-state index in [0.717, 1.165) is 0 Å². The van der Waals surface area contributed by atoms with Gasteiger partial charge in [-0.25, -0.2) is 4.39 Å². The van der Waals surface area contributed by atoms with Gasteiger partial charge in [0.2, 0.25) is 0 Å². The first-order valence-electron chi connectivity index (χ1n) is 9.77. The van der Waals surface area contributed by atoms with Crippen LogP contribution in [0, 0.1) is 5.82 Å². The molecule has 0 radical (unpaired) electrons. The van der Waals surface area contributed by atoms with Crippen molar-refractivity contribution >= 4 is 29.1 Å². The zero-order chi connectivity index (χ0) is 22.7. The number of carbonyl (C=O) groups is 2. The predicted octanol–water partition coefficient (Wildman–Crippen LogP) is 3.86. The summed E-state index contributed by atoms with van der Waals surface area (Å²) < 4.78 is 19.8. The van der Waals surface area contributed by atoms with Gasteiger partial charge in [-0.15, -0.1) is 0 Å². The number of ether oxygens (including phenoxy) is 1. The fourth-order valence-electron chi connectivity index (χ4n) is 3.66. The number of hydrogen-bond donors (Lipinski definition) is 1. The number of amides is 1. The predicted molar refractivity (Wildman–Crippen MR) is 117 cm³/mol. The summed E-state index contributed by atoms with van der Waals surface area (Å²) in [6.45, 7) is 0.920. The second-order valence-electron chi connectivity index (χ2n) is 7.52. The van der Waals surface area contributed by atoms with Gasteiger partial charge in [0.25, 0.3) is 11.7 Å². The Labute approximate surface area is 185 Å². The topological polar surface area (TPSA) is 70.1 Å². The summed E-state index contributed by atoms with van der Waals surface area (Å²) in [7, 11) is 5.25. The van der Waals surface area contributed by atoms with Crippen LogP contribution >= 0.6 is 11.6 Å². The molecule has 1 aliphatic rings. The Hall–Kier alpha value is -2.90. The van der Waals surface area contributed by atoms with Crippen molar-refractivity contribution in [1.82, 2.24) is 9.80 Å². The van der Waals surface area contributed by atoms with E-state index in [4.69, 9.17) is 16.3 Å². The third-order valence-corrected chi connectivity index (χ3v) is 5.46. The highest BCUT2D eigenvalue weighted by atomic mass is 35.5. The van der Waals surface area contributed by atoms with Crippen molar-refractivity contribution in [3.63, 3.8) is 0 Å². The highest BCUT2D eigenvalue weighted by molar-refractivity contribution is 6.46. The molecule has 0 saturated carbocycles. The van der Waals surface area contributed by atoms with Crippen LogP contribution < -0.4 is 4.74 Å². The standard InChI is InChI=1S/C23H24ClFN2O4/c1-26(2)11-6-12-27-20(15-7-4-5-8-17(15)25)19(22(29)23(27)30)21(28)14-9-10-18(31-3)16(24)13-14/h4-5,7-10,13,20,28H,6,11-12H2,1-3H3/t20-/m1/s1. The minimum absolute atomic E-state index is 0.146. The SMILES string of the molecule is COc1ccc(C(O)=C2C(=O)C(=O)N(CCCN(C)C)[C@@H]2c2ccccc2F)cc1Cl. The van der Waals surface area contributed by atoms with E-state index in [2.05, 4.69) is 0 Å². The summed E-state index contributed by atoms with van der Waals surface area (Å²) >= 11 is 6.17. The van der Waals surface area contributed by atoms with Gasteiger partial charge in [-0.3, -0.25) is 9.59 Å². The molecule has 1 saturated heterocycles.